The fraction of sp³-hybridized carbons (Fsp3) is 0.471. The number of nitrogens with zero attached hydrogens (tertiary/aromatic N) is 1. The number of esters is 1. The van der Waals surface area contributed by atoms with Gasteiger partial charge < -0.3 is 4.74 Å². The van der Waals surface area contributed by atoms with Crippen LogP contribution in [0.15, 0.2) is 18.2 Å². The van der Waals surface area contributed by atoms with E-state index in [-0.39, 0.29) is 5.56 Å². The highest BCUT2D eigenvalue weighted by Gasteiger charge is 2.43. The molecule has 6 heteroatoms. The van der Waals surface area contributed by atoms with Crippen LogP contribution in [0.5, 0.6) is 0 Å². The third kappa shape index (κ3) is 2.85. The molecule has 1 aromatic carbocycles. The molecule has 1 atom stereocenters. The molecule has 0 aromatic heterocycles. The van der Waals surface area contributed by atoms with Gasteiger partial charge in [0.2, 0.25) is 0 Å². The zero-order chi connectivity index (χ0) is 16.6. The molecule has 122 valence electrons. The lowest BCUT2D eigenvalue weighted by Crippen LogP contribution is -2.46. The maximum atomic E-state index is 12.4. The van der Waals surface area contributed by atoms with E-state index in [2.05, 4.69) is 0 Å². The number of Topliss-reactive ketones (excluding diaryl/α,β-unsaturated/α-hetero) is 1. The van der Waals surface area contributed by atoms with Gasteiger partial charge in [-0.05, 0) is 30.5 Å². The lowest BCUT2D eigenvalue weighted by molar-refractivity contribution is -0.143. The molecule has 1 saturated carbocycles. The maximum absolute atomic E-state index is 12.4. The predicted octanol–water partition coefficient (Wildman–Crippen LogP) is 2.99. The van der Waals surface area contributed by atoms with Crippen molar-refractivity contribution in [2.75, 3.05) is 12.0 Å². The summed E-state index contributed by atoms with van der Waals surface area (Å²) >= 11 is 5.92. The number of anilines is 1. The molecular weight excluding hydrogens is 318 g/mol. The minimum Gasteiger partial charge on any atom is -0.467 e. The highest BCUT2D eigenvalue weighted by Crippen LogP contribution is 2.37. The Morgan fingerprint density at radius 3 is 2.70 bits per heavy atom. The number of carbonyl (C=O) groups is 3. The van der Waals surface area contributed by atoms with E-state index in [0.29, 0.717) is 23.0 Å². The largest absolute Gasteiger partial charge is 0.467 e. The van der Waals surface area contributed by atoms with Crippen LogP contribution in [0.2, 0.25) is 5.02 Å². The topological polar surface area (TPSA) is 63.7 Å². The lowest BCUT2D eigenvalue weighted by atomic mass is 9.97. The molecule has 1 aliphatic carbocycles. The second-order valence-corrected chi connectivity index (χ2v) is 6.53. The summed E-state index contributed by atoms with van der Waals surface area (Å²) in [5, 5.41) is 0.386. The van der Waals surface area contributed by atoms with E-state index in [9.17, 15) is 14.4 Å². The highest BCUT2D eigenvalue weighted by atomic mass is 35.5. The number of amides is 1. The Kier molecular flexibility index (Phi) is 4.39. The summed E-state index contributed by atoms with van der Waals surface area (Å²) < 4.78 is 4.89. The summed E-state index contributed by atoms with van der Waals surface area (Å²) in [6.45, 7) is 0. The third-order valence-corrected chi connectivity index (χ3v) is 4.93. The van der Waals surface area contributed by atoms with E-state index < -0.39 is 23.7 Å². The van der Waals surface area contributed by atoms with Crippen molar-refractivity contribution in [2.45, 2.75) is 38.1 Å². The van der Waals surface area contributed by atoms with Crippen LogP contribution < -0.4 is 4.90 Å². The smallest absolute Gasteiger partial charge is 0.328 e. The Bertz CT molecular complexity index is 667. The number of rotatable bonds is 4. The number of methoxy groups -OCH3 is 1. The molecule has 0 bridgehead atoms. The molecule has 2 aliphatic rings. The molecule has 1 fully saturated rings. The molecule has 1 unspecified atom stereocenters. The van der Waals surface area contributed by atoms with Crippen LogP contribution in [0, 0.1) is 5.92 Å². The van der Waals surface area contributed by atoms with E-state index in [1.54, 1.807) is 12.1 Å². The molecule has 3 rings (SSSR count). The summed E-state index contributed by atoms with van der Waals surface area (Å²) in [5.74, 6) is -1.42. The van der Waals surface area contributed by atoms with Crippen molar-refractivity contribution >= 4 is 34.9 Å². The van der Waals surface area contributed by atoms with Crippen molar-refractivity contribution in [2.24, 2.45) is 5.92 Å². The van der Waals surface area contributed by atoms with Crippen molar-refractivity contribution < 1.29 is 19.1 Å². The van der Waals surface area contributed by atoms with Crippen LogP contribution in [0.25, 0.3) is 0 Å². The highest BCUT2D eigenvalue weighted by molar-refractivity contribution is 6.53. The summed E-state index contributed by atoms with van der Waals surface area (Å²) in [6, 6.07) is 3.94. The number of hydrogen-bond acceptors (Lipinski definition) is 4. The van der Waals surface area contributed by atoms with Gasteiger partial charge in [0.25, 0.3) is 11.7 Å². The maximum Gasteiger partial charge on any atom is 0.328 e. The molecule has 0 radical (unpaired) electrons. The van der Waals surface area contributed by atoms with Gasteiger partial charge in [-0.2, -0.15) is 0 Å². The van der Waals surface area contributed by atoms with Crippen LogP contribution >= 0.6 is 11.6 Å². The van der Waals surface area contributed by atoms with Gasteiger partial charge in [-0.3, -0.25) is 14.5 Å². The standard InChI is InChI=1S/C17H18ClNO4/c1-23-17(22)14(8-10-4-2-3-5-10)19-13-7-6-11(18)9-12(13)15(20)16(19)21/h6-7,9-10,14H,2-5,8H2,1H3. The first-order valence-corrected chi connectivity index (χ1v) is 8.16. The molecule has 0 spiro atoms. The van der Waals surface area contributed by atoms with Crippen LogP contribution in [0.3, 0.4) is 0 Å². The van der Waals surface area contributed by atoms with E-state index in [4.69, 9.17) is 16.3 Å². The SMILES string of the molecule is COC(=O)C(CC1CCCC1)N1C(=O)C(=O)c2cc(Cl)ccc21. The Hall–Kier alpha value is -1.88. The van der Waals surface area contributed by atoms with Gasteiger partial charge in [-0.1, -0.05) is 37.3 Å². The Morgan fingerprint density at radius 2 is 2.04 bits per heavy atom. The zero-order valence-corrected chi connectivity index (χ0v) is 13.6. The average Bonchev–Trinajstić information content (AvgIpc) is 3.13. The van der Waals surface area contributed by atoms with Crippen LogP contribution in [-0.4, -0.2) is 30.8 Å². The van der Waals surface area contributed by atoms with Gasteiger partial charge in [0.05, 0.1) is 18.4 Å². The molecule has 0 N–H and O–H groups in total. The predicted molar refractivity (Wildman–Crippen MR) is 85.6 cm³/mol. The number of ketones is 1. The first-order valence-electron chi connectivity index (χ1n) is 7.78. The second kappa shape index (κ2) is 6.32. The Balaban J connectivity index is 1.97. The van der Waals surface area contributed by atoms with Crippen molar-refractivity contribution in [3.8, 4) is 0 Å². The fourth-order valence-electron chi connectivity index (χ4n) is 3.55. The lowest BCUT2D eigenvalue weighted by Gasteiger charge is -2.27. The molecular formula is C17H18ClNO4. The number of carbonyl (C=O) groups excluding carboxylic acids is 3. The van der Waals surface area contributed by atoms with Crippen molar-refractivity contribution in [3.63, 3.8) is 0 Å². The van der Waals surface area contributed by atoms with Crippen LogP contribution in [0.4, 0.5) is 5.69 Å². The van der Waals surface area contributed by atoms with Gasteiger partial charge in [-0.25, -0.2) is 4.79 Å². The van der Waals surface area contributed by atoms with Crippen molar-refractivity contribution in [1.82, 2.24) is 0 Å². The van der Waals surface area contributed by atoms with Crippen molar-refractivity contribution in [1.29, 1.82) is 0 Å². The second-order valence-electron chi connectivity index (χ2n) is 6.09. The van der Waals surface area contributed by atoms with Gasteiger partial charge >= 0.3 is 5.97 Å². The Morgan fingerprint density at radius 1 is 1.35 bits per heavy atom. The first kappa shape index (κ1) is 16.0. The normalized spacial score (nSPS) is 19.1. The summed E-state index contributed by atoms with van der Waals surface area (Å²) in [7, 11) is 1.30. The quantitative estimate of drug-likeness (QED) is 0.627. The average molecular weight is 336 g/mol. The number of fused-ring (bicyclic) bond motifs is 1. The summed E-state index contributed by atoms with van der Waals surface area (Å²) in [4.78, 5) is 38.2. The van der Waals surface area contributed by atoms with E-state index in [1.165, 1.54) is 18.1 Å². The zero-order valence-electron chi connectivity index (χ0n) is 12.9. The molecule has 23 heavy (non-hydrogen) atoms. The van der Waals surface area contributed by atoms with Crippen molar-refractivity contribution in [3.05, 3.63) is 28.8 Å². The van der Waals surface area contributed by atoms with Crippen LogP contribution in [0.1, 0.15) is 42.5 Å². The minimum absolute atomic E-state index is 0.253. The van der Waals surface area contributed by atoms with Gasteiger partial charge in [-0.15, -0.1) is 0 Å². The Labute approximate surface area is 139 Å². The monoisotopic (exact) mass is 335 g/mol. The minimum atomic E-state index is -0.762. The number of benzene rings is 1. The molecule has 5 nitrogen and oxygen atoms in total. The van der Waals surface area contributed by atoms with E-state index >= 15 is 0 Å². The van der Waals surface area contributed by atoms with Crippen LogP contribution in [-0.2, 0) is 14.3 Å². The third-order valence-electron chi connectivity index (χ3n) is 4.69. The molecule has 1 aliphatic heterocycles. The first-order chi connectivity index (χ1) is 11.0. The molecule has 1 aromatic rings. The number of halogens is 1. The van der Waals surface area contributed by atoms with Gasteiger partial charge in [0, 0.05) is 5.02 Å². The molecule has 1 amide bonds. The summed E-state index contributed by atoms with van der Waals surface area (Å²) in [6.07, 6.45) is 4.87. The van der Waals surface area contributed by atoms with Gasteiger partial charge in [0.15, 0.2) is 0 Å². The molecule has 1 heterocycles. The van der Waals surface area contributed by atoms with E-state index in [1.807, 2.05) is 0 Å². The number of hydrogen-bond donors (Lipinski definition) is 0. The number of ether oxygens (including phenoxy) is 1. The molecule has 0 saturated heterocycles. The van der Waals surface area contributed by atoms with Gasteiger partial charge in [0.1, 0.15) is 6.04 Å². The van der Waals surface area contributed by atoms with E-state index in [0.717, 1.165) is 25.7 Å². The summed E-state index contributed by atoms with van der Waals surface area (Å²) in [5.41, 5.74) is 0.695. The fourth-order valence-corrected chi connectivity index (χ4v) is 3.72.